The number of aromatic nitrogens is 4. The minimum absolute atomic E-state index is 0.0966. The fourth-order valence-electron chi connectivity index (χ4n) is 11.3. The third-order valence-corrected chi connectivity index (χ3v) is 16.0. The van der Waals surface area contributed by atoms with Crippen molar-refractivity contribution in [3.8, 4) is 56.4 Å². The van der Waals surface area contributed by atoms with Crippen molar-refractivity contribution in [2.24, 2.45) is 0 Å². The molecule has 0 saturated heterocycles. The van der Waals surface area contributed by atoms with Crippen molar-refractivity contribution in [3.05, 3.63) is 245 Å². The molecule has 0 unspecified atom stereocenters. The summed E-state index contributed by atoms with van der Waals surface area (Å²) in [6, 6.07) is 83.1. The molecule has 1 aliphatic heterocycles. The number of fused-ring (bicyclic) bond motifs is 4. The predicted octanol–water partition coefficient (Wildman–Crippen LogP) is 16.8. The molecular weight excluding hydrogens is 1110 g/mol. The summed E-state index contributed by atoms with van der Waals surface area (Å²) in [7, 11) is 0. The van der Waals surface area contributed by atoms with Crippen molar-refractivity contribution in [2.75, 3.05) is 4.81 Å². The van der Waals surface area contributed by atoms with Crippen LogP contribution in [0.5, 0.6) is 11.6 Å². The van der Waals surface area contributed by atoms with Crippen LogP contribution in [0.3, 0.4) is 0 Å². The first-order chi connectivity index (χ1) is 36.9. The molecular formula is C68H56BN5OPt. The molecule has 0 N–H and O–H groups in total. The zero-order valence-electron chi connectivity index (χ0n) is 43.5. The second-order valence-corrected chi connectivity index (χ2v) is 23.0. The van der Waals surface area contributed by atoms with Crippen LogP contribution in [0.25, 0.3) is 77.6 Å². The van der Waals surface area contributed by atoms with Crippen molar-refractivity contribution in [2.45, 2.75) is 52.4 Å². The molecule has 0 atom stereocenters. The number of rotatable bonds is 9. The van der Waals surface area contributed by atoms with E-state index in [0.29, 0.717) is 11.6 Å². The van der Waals surface area contributed by atoms with Gasteiger partial charge in [0.1, 0.15) is 0 Å². The van der Waals surface area contributed by atoms with E-state index in [0.717, 1.165) is 43.3 Å². The Bertz CT molecular complexity index is 4260. The van der Waals surface area contributed by atoms with Crippen LogP contribution >= 0.6 is 0 Å². The standard InChI is InChI=1S/C68H56BN5O.Pt/c1-67(2,3)50-40-48(46-23-10-7-11-24-46)39-49(41-50)58-43-51(68(4,5)6)42-57(47-25-12-8-13-26-47)65(58)72-45-71(60-34-18-19-35-61(60)72)53-29-20-30-54(44-53)75-64-38-22-37-63(70-64)73-62-36-21-32-56-55-31-16-17-33-59(55)74(66(56)62)69(73)52-27-14-9-15-28-52;/h7-44H,1-6H3;. The predicted molar refractivity (Wildman–Crippen MR) is 313 cm³/mol. The first-order valence-corrected chi connectivity index (χ1v) is 27.3. The summed E-state index contributed by atoms with van der Waals surface area (Å²) in [5, 5.41) is 2.48. The Morgan fingerprint density at radius 1 is 0.461 bits per heavy atom. The number of benzene rings is 9. The zero-order chi connectivity index (χ0) is 51.9. The first kappa shape index (κ1) is 47.5. The Labute approximate surface area is 455 Å². The number of para-hydroxylation sites is 4. The average Bonchev–Trinajstić information content (AvgIpc) is 4.29. The van der Waals surface area contributed by atoms with Crippen molar-refractivity contribution in [1.82, 2.24) is 18.6 Å². The molecule has 6 nitrogen and oxygen atoms in total. The van der Waals surface area contributed by atoms with E-state index >= 15 is 0 Å². The maximum absolute atomic E-state index is 6.85. The Morgan fingerprint density at radius 3 is 1.74 bits per heavy atom. The minimum atomic E-state index is -0.149. The van der Waals surface area contributed by atoms with Crippen molar-refractivity contribution >= 4 is 56.8 Å². The molecule has 0 fully saturated rings. The molecule has 1 aliphatic rings. The topological polar surface area (TPSA) is 40.1 Å². The van der Waals surface area contributed by atoms with E-state index in [-0.39, 0.29) is 17.8 Å². The Kier molecular flexibility index (Phi) is 11.6. The first-order valence-electron chi connectivity index (χ1n) is 26.1. The van der Waals surface area contributed by atoms with E-state index in [9.17, 15) is 0 Å². The molecule has 0 radical (unpaired) electrons. The summed E-state index contributed by atoms with van der Waals surface area (Å²) in [4.78, 5) is 7.65. The Morgan fingerprint density at radius 2 is 1.03 bits per heavy atom. The van der Waals surface area contributed by atoms with Gasteiger partial charge in [-0.05, 0) is 6.07 Å². The fourth-order valence-corrected chi connectivity index (χ4v) is 12.3. The van der Waals surface area contributed by atoms with Gasteiger partial charge in [0.15, 0.2) is 0 Å². The molecule has 4 heterocycles. The molecule has 0 saturated carbocycles. The van der Waals surface area contributed by atoms with Crippen molar-refractivity contribution in [1.29, 1.82) is 0 Å². The van der Waals surface area contributed by atoms with E-state index < -0.39 is 0 Å². The zero-order valence-corrected chi connectivity index (χ0v) is 45.7. The molecule has 9 aromatic carbocycles. The van der Waals surface area contributed by atoms with Crippen LogP contribution in [0.4, 0.5) is 11.5 Å². The monoisotopic (exact) mass is 1160 g/mol. The second kappa shape index (κ2) is 18.5. The van der Waals surface area contributed by atoms with Crippen LogP contribution in [0, 0.1) is 3.80 Å². The number of hydrogen-bond acceptors (Lipinski definition) is 3. The van der Waals surface area contributed by atoms with Gasteiger partial charge in [-0.1, -0.05) is 60.7 Å². The van der Waals surface area contributed by atoms with Crippen LogP contribution in [-0.2, 0) is 30.2 Å². The second-order valence-electron chi connectivity index (χ2n) is 22.0. The Balaban J connectivity index is 0.958. The average molecular weight is 1170 g/mol. The summed E-state index contributed by atoms with van der Waals surface area (Å²) >= 11 is 2.55. The van der Waals surface area contributed by atoms with Crippen molar-refractivity contribution < 1.29 is 24.1 Å². The van der Waals surface area contributed by atoms with Crippen LogP contribution in [-0.4, -0.2) is 25.6 Å². The van der Waals surface area contributed by atoms with Crippen LogP contribution < -0.4 is 15.0 Å². The number of hydrogen-bond donors (Lipinski definition) is 0. The number of imidazole rings is 1. The molecule has 0 amide bonds. The van der Waals surface area contributed by atoms with Gasteiger partial charge in [0.25, 0.3) is 0 Å². The summed E-state index contributed by atoms with van der Waals surface area (Å²) in [5.74, 6) is 2.01. The SMILES string of the molecule is CC(C)(C)c1cc(-c2ccccc2)cc(-c2cc(C(C)(C)C)cc(-c3ccccc3)c2-n2[c](=[Pt])n(-c3cccc(Oc4cccc(N5B(c6ccccc6)n6c7ccccc7c7cccc5c76)n4)c3)c3ccccc32)c1. The quantitative estimate of drug-likeness (QED) is 0.135. The Hall–Kier alpha value is -8.25. The molecule has 0 spiro atoms. The number of nitrogens with zero attached hydrogens (tertiary/aromatic N) is 5. The van der Waals surface area contributed by atoms with Gasteiger partial charge < -0.3 is 0 Å². The summed E-state index contributed by atoms with van der Waals surface area (Å²) in [6.45, 7) is 13.7. The van der Waals surface area contributed by atoms with Crippen LogP contribution in [0.15, 0.2) is 231 Å². The maximum atomic E-state index is 6.85. The fraction of sp³-hybridized carbons (Fsp3) is 0.118. The number of anilines is 2. The molecule has 8 heteroatoms. The van der Waals surface area contributed by atoms with E-state index in [1.165, 1.54) is 66.2 Å². The molecule has 76 heavy (non-hydrogen) atoms. The van der Waals surface area contributed by atoms with Gasteiger partial charge >= 0.3 is 375 Å². The molecule has 3 aromatic heterocycles. The van der Waals surface area contributed by atoms with Crippen LogP contribution in [0.2, 0.25) is 0 Å². The summed E-state index contributed by atoms with van der Waals surface area (Å²) in [5.41, 5.74) is 18.4. The van der Waals surface area contributed by atoms with Gasteiger partial charge in [0, 0.05) is 16.3 Å². The molecule has 12 aromatic rings. The van der Waals surface area contributed by atoms with Gasteiger partial charge in [0.05, 0.1) is 0 Å². The molecule has 0 bridgehead atoms. The summed E-state index contributed by atoms with van der Waals surface area (Å²) in [6.07, 6.45) is 0. The molecule has 13 rings (SSSR count). The van der Waals surface area contributed by atoms with Gasteiger partial charge in [0.2, 0.25) is 0 Å². The third-order valence-electron chi connectivity index (χ3n) is 15.0. The normalized spacial score (nSPS) is 12.6. The van der Waals surface area contributed by atoms with Gasteiger partial charge in [-0.15, -0.1) is 0 Å². The number of ether oxygens (including phenoxy) is 1. The third kappa shape index (κ3) is 8.17. The van der Waals surface area contributed by atoms with Gasteiger partial charge in [-0.25, -0.2) is 0 Å². The van der Waals surface area contributed by atoms with Crippen molar-refractivity contribution in [3.63, 3.8) is 0 Å². The van der Waals surface area contributed by atoms with E-state index in [2.05, 4.69) is 292 Å². The van der Waals surface area contributed by atoms with Gasteiger partial charge in [-0.3, -0.25) is 0 Å². The van der Waals surface area contributed by atoms with Crippen LogP contribution in [0.1, 0.15) is 52.7 Å². The van der Waals surface area contributed by atoms with Gasteiger partial charge in [-0.2, -0.15) is 0 Å². The molecule has 0 aliphatic carbocycles. The van der Waals surface area contributed by atoms with E-state index in [1.807, 2.05) is 18.2 Å². The number of pyridine rings is 1. The van der Waals surface area contributed by atoms with E-state index in [1.54, 1.807) is 0 Å². The molecule has 372 valence electrons. The van der Waals surface area contributed by atoms with E-state index in [4.69, 9.17) is 9.72 Å². The summed E-state index contributed by atoms with van der Waals surface area (Å²) < 4.78 is 15.2.